The van der Waals surface area contributed by atoms with Crippen LogP contribution in [0.3, 0.4) is 0 Å². The Balaban J connectivity index is 1.26. The van der Waals surface area contributed by atoms with E-state index in [9.17, 15) is 4.79 Å². The molecule has 2 aliphatic carbocycles. The minimum atomic E-state index is -0.121. The van der Waals surface area contributed by atoms with Crippen molar-refractivity contribution in [3.63, 3.8) is 0 Å². The molecule has 1 amide bonds. The molecule has 7 rings (SSSR count). The number of anilines is 1. The van der Waals surface area contributed by atoms with Gasteiger partial charge in [-0.05, 0) is 111 Å². The molecule has 2 aromatic rings. The number of carbonyl (C=O) groups is 1. The van der Waals surface area contributed by atoms with Gasteiger partial charge >= 0.3 is 0 Å². The molecule has 1 N–H and O–H groups in total. The van der Waals surface area contributed by atoms with E-state index in [1.807, 2.05) is 24.3 Å². The molecule has 8 heteroatoms. The lowest BCUT2D eigenvalue weighted by molar-refractivity contribution is -0.146. The predicted molar refractivity (Wildman–Crippen MR) is 160 cm³/mol. The van der Waals surface area contributed by atoms with Gasteiger partial charge < -0.3 is 19.1 Å². The molecular weight excluding hydrogens is 544 g/mol. The van der Waals surface area contributed by atoms with Gasteiger partial charge in [-0.3, -0.25) is 9.52 Å². The molecule has 214 valence electrons. The maximum absolute atomic E-state index is 13.2. The van der Waals surface area contributed by atoms with E-state index in [1.54, 1.807) is 0 Å². The maximum atomic E-state index is 13.2. The van der Waals surface area contributed by atoms with E-state index in [0.717, 1.165) is 67.4 Å². The van der Waals surface area contributed by atoms with Gasteiger partial charge in [0.15, 0.2) is 0 Å². The summed E-state index contributed by atoms with van der Waals surface area (Å²) in [6.45, 7) is 5.24. The molecule has 1 saturated carbocycles. The lowest BCUT2D eigenvalue weighted by Crippen LogP contribution is -2.51. The monoisotopic (exact) mass is 582 g/mol. The Bertz CT molecular complexity index is 1280. The molecule has 4 bridgehead atoms. The Morgan fingerprint density at radius 2 is 2.08 bits per heavy atom. The Labute approximate surface area is 246 Å². The zero-order chi connectivity index (χ0) is 27.3. The zero-order valence-electron chi connectivity index (χ0n) is 23.2. The molecule has 6 atom stereocenters. The minimum absolute atomic E-state index is 0.0715. The fourth-order valence-electron chi connectivity index (χ4n) is 7.83. The predicted octanol–water partition coefficient (Wildman–Crippen LogP) is 6.18. The summed E-state index contributed by atoms with van der Waals surface area (Å²) in [6, 6.07) is 12.3. The number of benzene rings is 2. The molecule has 0 radical (unpaired) electrons. The van der Waals surface area contributed by atoms with E-state index in [2.05, 4.69) is 28.7 Å². The Morgan fingerprint density at radius 1 is 1.15 bits per heavy atom. The standard InChI is InChI=1S/C32H39ClN2O4S/c1-20-13-25-16-30(39-20)26-7-4-23(26)17-35-18-32(10-2-3-21-14-24(33)6-8-27(21)32)19-38-29-9-5-22(15-28(29)35)31(36)34-40-12-11-37-25/h5-6,8-9,14-15,20,23,25-26,30H,2-4,7,10-13,16-19H2,1H3,(H,34,36)/t20-,23-,25+,26+,30+,32-/m0/s1. The van der Waals surface area contributed by atoms with Crippen LogP contribution in [-0.4, -0.2) is 56.3 Å². The number of nitrogens with one attached hydrogen (secondary N) is 1. The highest BCUT2D eigenvalue weighted by atomic mass is 35.5. The quantitative estimate of drug-likeness (QED) is 0.374. The first-order valence-electron chi connectivity index (χ1n) is 15.0. The minimum Gasteiger partial charge on any atom is -0.490 e. The molecule has 1 spiro atoms. The summed E-state index contributed by atoms with van der Waals surface area (Å²) >= 11 is 7.85. The van der Waals surface area contributed by atoms with Crippen molar-refractivity contribution in [1.82, 2.24) is 4.72 Å². The number of aryl methyl sites for hydroxylation is 1. The van der Waals surface area contributed by atoms with Crippen molar-refractivity contribution in [3.05, 3.63) is 58.1 Å². The normalized spacial score (nSPS) is 34.0. The second-order valence-corrected chi connectivity index (χ2v) is 13.9. The van der Waals surface area contributed by atoms with E-state index in [-0.39, 0.29) is 29.6 Å². The number of carbonyl (C=O) groups excluding carboxylic acids is 1. The number of halogens is 1. The Morgan fingerprint density at radius 3 is 2.95 bits per heavy atom. The summed E-state index contributed by atoms with van der Waals surface area (Å²) in [5.41, 5.74) is 4.29. The summed E-state index contributed by atoms with van der Waals surface area (Å²) in [4.78, 5) is 15.7. The van der Waals surface area contributed by atoms with Gasteiger partial charge in [-0.2, -0.15) is 0 Å². The number of fused-ring (bicyclic) bond motifs is 7. The number of hydrogen-bond donors (Lipinski definition) is 1. The lowest BCUT2D eigenvalue weighted by Gasteiger charge is -2.48. The van der Waals surface area contributed by atoms with Crippen LogP contribution in [0.25, 0.3) is 0 Å². The van der Waals surface area contributed by atoms with Crippen LogP contribution in [0, 0.1) is 11.8 Å². The van der Waals surface area contributed by atoms with Gasteiger partial charge in [-0.25, -0.2) is 0 Å². The van der Waals surface area contributed by atoms with Crippen LogP contribution in [0.2, 0.25) is 5.02 Å². The second kappa shape index (κ2) is 11.0. The third-order valence-corrected chi connectivity index (χ3v) is 10.8. The van der Waals surface area contributed by atoms with Gasteiger partial charge in [0.2, 0.25) is 0 Å². The van der Waals surface area contributed by atoms with Crippen LogP contribution in [0.4, 0.5) is 5.69 Å². The molecular formula is C32H39ClN2O4S. The Hall–Kier alpha value is -1.93. The SMILES string of the molecule is C[C@H]1C[C@@H]2C[C@@H](O1)[C@@H]1CC[C@H]1CN1C[C@@]3(CCCc4cc(Cl)ccc43)COc3ccc(cc31)C(=O)NSCCO2. The summed E-state index contributed by atoms with van der Waals surface area (Å²) in [7, 11) is 0. The molecule has 40 heavy (non-hydrogen) atoms. The fraction of sp³-hybridized carbons (Fsp3) is 0.594. The molecule has 2 aromatic carbocycles. The first-order chi connectivity index (χ1) is 19.5. The maximum Gasteiger partial charge on any atom is 0.261 e. The highest BCUT2D eigenvalue weighted by molar-refractivity contribution is 7.97. The first kappa shape index (κ1) is 26.9. The molecule has 3 aliphatic heterocycles. The van der Waals surface area contributed by atoms with Crippen LogP contribution in [0.1, 0.15) is 66.9 Å². The smallest absolute Gasteiger partial charge is 0.261 e. The molecule has 2 fully saturated rings. The number of amides is 1. The number of ether oxygens (including phenoxy) is 3. The second-order valence-electron chi connectivity index (χ2n) is 12.5. The lowest BCUT2D eigenvalue weighted by atomic mass is 9.67. The Kier molecular flexibility index (Phi) is 7.44. The van der Waals surface area contributed by atoms with Crippen LogP contribution in [-0.2, 0) is 21.3 Å². The van der Waals surface area contributed by atoms with Crippen molar-refractivity contribution < 1.29 is 19.0 Å². The van der Waals surface area contributed by atoms with Gasteiger partial charge in [0.1, 0.15) is 5.75 Å². The van der Waals surface area contributed by atoms with Crippen LogP contribution >= 0.6 is 23.5 Å². The number of hydrogen-bond acceptors (Lipinski definition) is 6. The average Bonchev–Trinajstić information content (AvgIpc) is 3.07. The number of rotatable bonds is 0. The summed E-state index contributed by atoms with van der Waals surface area (Å²) in [5, 5.41) is 0.800. The third kappa shape index (κ3) is 5.12. The van der Waals surface area contributed by atoms with E-state index < -0.39 is 0 Å². The fourth-order valence-corrected chi connectivity index (χ4v) is 8.55. The van der Waals surface area contributed by atoms with Gasteiger partial charge in [0.05, 0.1) is 37.2 Å². The van der Waals surface area contributed by atoms with Crippen molar-refractivity contribution in [3.8, 4) is 5.75 Å². The van der Waals surface area contributed by atoms with Gasteiger partial charge in [0.25, 0.3) is 5.91 Å². The van der Waals surface area contributed by atoms with E-state index in [0.29, 0.717) is 30.6 Å². The largest absolute Gasteiger partial charge is 0.490 e. The summed E-state index contributed by atoms with van der Waals surface area (Å²) in [6.07, 6.45) is 8.23. The average molecular weight is 583 g/mol. The zero-order valence-corrected chi connectivity index (χ0v) is 24.8. The van der Waals surface area contributed by atoms with Crippen molar-refractivity contribution >= 4 is 35.1 Å². The van der Waals surface area contributed by atoms with Crippen molar-refractivity contribution in [2.75, 3.05) is 37.0 Å². The van der Waals surface area contributed by atoms with E-state index >= 15 is 0 Å². The van der Waals surface area contributed by atoms with Crippen LogP contribution in [0.5, 0.6) is 5.75 Å². The molecule has 6 nitrogen and oxygen atoms in total. The van der Waals surface area contributed by atoms with Crippen molar-refractivity contribution in [2.45, 2.75) is 75.6 Å². The number of nitrogens with zero attached hydrogens (tertiary/aromatic N) is 1. The van der Waals surface area contributed by atoms with Gasteiger partial charge in [-0.15, -0.1) is 0 Å². The third-order valence-electron chi connectivity index (χ3n) is 9.91. The highest BCUT2D eigenvalue weighted by Gasteiger charge is 2.46. The van der Waals surface area contributed by atoms with Crippen LogP contribution < -0.4 is 14.4 Å². The summed E-state index contributed by atoms with van der Waals surface area (Å²) in [5.74, 6) is 2.59. The van der Waals surface area contributed by atoms with Crippen molar-refractivity contribution in [1.29, 1.82) is 0 Å². The molecule has 3 heterocycles. The molecule has 1 saturated heterocycles. The molecule has 5 aliphatic rings. The first-order valence-corrected chi connectivity index (χ1v) is 16.3. The van der Waals surface area contributed by atoms with Gasteiger partial charge in [0, 0.05) is 41.3 Å². The topological polar surface area (TPSA) is 60.0 Å². The summed E-state index contributed by atoms with van der Waals surface area (Å²) < 4.78 is 22.5. The molecule has 0 aromatic heterocycles. The van der Waals surface area contributed by atoms with Gasteiger partial charge in [-0.1, -0.05) is 17.7 Å². The van der Waals surface area contributed by atoms with E-state index in [1.165, 1.54) is 35.9 Å². The van der Waals surface area contributed by atoms with E-state index in [4.69, 9.17) is 25.8 Å². The highest BCUT2D eigenvalue weighted by Crippen LogP contribution is 2.48. The molecule has 0 unspecified atom stereocenters. The van der Waals surface area contributed by atoms with Crippen LogP contribution in [0.15, 0.2) is 36.4 Å². The van der Waals surface area contributed by atoms with Crippen molar-refractivity contribution in [2.24, 2.45) is 11.8 Å².